The Bertz CT molecular complexity index is 229. The van der Waals surface area contributed by atoms with E-state index >= 15 is 0 Å². The molecule has 4 heteroatoms. The van der Waals surface area contributed by atoms with E-state index in [4.69, 9.17) is 4.74 Å². The highest BCUT2D eigenvalue weighted by Crippen LogP contribution is 2.03. The molecule has 0 aromatic carbocycles. The van der Waals surface area contributed by atoms with Gasteiger partial charge in [0.2, 0.25) is 12.3 Å². The quantitative estimate of drug-likeness (QED) is 0.281. The number of esters is 1. The zero-order valence-corrected chi connectivity index (χ0v) is 7.82. The summed E-state index contributed by atoms with van der Waals surface area (Å²) in [5.41, 5.74) is 0. The lowest BCUT2D eigenvalue weighted by molar-refractivity contribution is -0.142. The summed E-state index contributed by atoms with van der Waals surface area (Å²) in [5, 5.41) is 0. The molecule has 0 saturated heterocycles. The average molecular weight is 183 g/mol. The summed E-state index contributed by atoms with van der Waals surface area (Å²) >= 11 is 0. The number of ether oxygens (including phenoxy) is 1. The van der Waals surface area contributed by atoms with Crippen LogP contribution in [0.4, 0.5) is 0 Å². The number of carbonyl (C=O) groups excluding carboxylic acids is 2. The van der Waals surface area contributed by atoms with Crippen LogP contribution in [0.25, 0.3) is 0 Å². The summed E-state index contributed by atoms with van der Waals surface area (Å²) in [6.07, 6.45) is 4.86. The molecule has 0 saturated carbocycles. The Labute approximate surface area is 77.3 Å². The van der Waals surface area contributed by atoms with Crippen LogP contribution in [0.15, 0.2) is 17.1 Å². The molecule has 0 radical (unpaired) electrons. The third-order valence-corrected chi connectivity index (χ3v) is 1.29. The molecule has 1 unspecified atom stereocenters. The van der Waals surface area contributed by atoms with Crippen LogP contribution in [-0.2, 0) is 14.3 Å². The van der Waals surface area contributed by atoms with Crippen molar-refractivity contribution in [3.63, 3.8) is 0 Å². The maximum atomic E-state index is 10.9. The van der Waals surface area contributed by atoms with E-state index < -0.39 is 12.2 Å². The standard InChI is InChI=1S/C9H13NO3/c1-3-5-8(10-7-11)13-9(12)6-4-2/h4,6,8H,3,5H2,1-2H3. The van der Waals surface area contributed by atoms with Crippen LogP contribution in [0.5, 0.6) is 0 Å². The molecule has 13 heavy (non-hydrogen) atoms. The fourth-order valence-electron chi connectivity index (χ4n) is 0.765. The molecule has 0 aliphatic heterocycles. The number of hydrogen-bond donors (Lipinski definition) is 0. The molecule has 0 bridgehead atoms. The van der Waals surface area contributed by atoms with Gasteiger partial charge in [-0.15, -0.1) is 0 Å². The Balaban J connectivity index is 4.08. The van der Waals surface area contributed by atoms with E-state index in [1.165, 1.54) is 12.2 Å². The molecule has 0 heterocycles. The van der Waals surface area contributed by atoms with Gasteiger partial charge in [0.25, 0.3) is 0 Å². The van der Waals surface area contributed by atoms with Gasteiger partial charge in [-0.05, 0) is 6.92 Å². The first-order valence-corrected chi connectivity index (χ1v) is 4.14. The molecular weight excluding hydrogens is 170 g/mol. The molecule has 0 N–H and O–H groups in total. The normalized spacial score (nSPS) is 12.2. The van der Waals surface area contributed by atoms with Crippen molar-refractivity contribution in [2.45, 2.75) is 32.9 Å². The lowest BCUT2D eigenvalue weighted by atomic mass is 10.3. The fraction of sp³-hybridized carbons (Fsp3) is 0.556. The number of nitrogens with zero attached hydrogens (tertiary/aromatic N) is 1. The molecule has 0 fully saturated rings. The van der Waals surface area contributed by atoms with Crippen LogP contribution in [0.2, 0.25) is 0 Å². The maximum Gasteiger partial charge on any atom is 0.332 e. The number of aliphatic imine (C=N–C) groups is 1. The molecule has 0 amide bonds. The minimum absolute atomic E-state index is 0.486. The number of hydrogen-bond acceptors (Lipinski definition) is 4. The summed E-state index contributed by atoms with van der Waals surface area (Å²) in [6.45, 7) is 3.62. The predicted octanol–water partition coefficient (Wildman–Crippen LogP) is 1.57. The predicted molar refractivity (Wildman–Crippen MR) is 47.7 cm³/mol. The maximum absolute atomic E-state index is 10.9. The third kappa shape index (κ3) is 5.82. The molecule has 72 valence electrons. The first-order valence-electron chi connectivity index (χ1n) is 4.14. The van der Waals surface area contributed by atoms with Crippen molar-refractivity contribution < 1.29 is 14.3 Å². The van der Waals surface area contributed by atoms with Crippen LogP contribution in [0.1, 0.15) is 26.7 Å². The van der Waals surface area contributed by atoms with Crippen molar-refractivity contribution in [1.29, 1.82) is 0 Å². The molecule has 0 aromatic rings. The number of isocyanates is 1. The van der Waals surface area contributed by atoms with Gasteiger partial charge in [-0.3, -0.25) is 0 Å². The Morgan fingerprint density at radius 2 is 2.38 bits per heavy atom. The van der Waals surface area contributed by atoms with E-state index in [2.05, 4.69) is 4.99 Å². The van der Waals surface area contributed by atoms with Crippen molar-refractivity contribution in [1.82, 2.24) is 0 Å². The second-order valence-corrected chi connectivity index (χ2v) is 2.40. The molecule has 0 rings (SSSR count). The third-order valence-electron chi connectivity index (χ3n) is 1.29. The molecule has 0 aliphatic carbocycles. The second-order valence-electron chi connectivity index (χ2n) is 2.40. The van der Waals surface area contributed by atoms with Gasteiger partial charge in [-0.1, -0.05) is 19.4 Å². The van der Waals surface area contributed by atoms with Crippen molar-refractivity contribution >= 4 is 12.0 Å². The highest BCUT2D eigenvalue weighted by Gasteiger charge is 2.08. The van der Waals surface area contributed by atoms with Crippen molar-refractivity contribution in [3.05, 3.63) is 12.2 Å². The van der Waals surface area contributed by atoms with Crippen LogP contribution in [0.3, 0.4) is 0 Å². The molecule has 0 spiro atoms. The average Bonchev–Trinajstić information content (AvgIpc) is 2.05. The van der Waals surface area contributed by atoms with Crippen molar-refractivity contribution in [3.8, 4) is 0 Å². The van der Waals surface area contributed by atoms with Gasteiger partial charge in [0.15, 0.2) is 0 Å². The Morgan fingerprint density at radius 3 is 2.85 bits per heavy atom. The number of carbonyl (C=O) groups is 1. The highest BCUT2D eigenvalue weighted by atomic mass is 16.6. The largest absolute Gasteiger partial charge is 0.436 e. The lowest BCUT2D eigenvalue weighted by Crippen LogP contribution is -2.13. The van der Waals surface area contributed by atoms with Gasteiger partial charge >= 0.3 is 5.97 Å². The van der Waals surface area contributed by atoms with E-state index in [1.807, 2.05) is 6.92 Å². The summed E-state index contributed by atoms with van der Waals surface area (Å²) in [6, 6.07) is 0. The van der Waals surface area contributed by atoms with Gasteiger partial charge in [0.1, 0.15) is 0 Å². The zero-order chi connectivity index (χ0) is 10.1. The van der Waals surface area contributed by atoms with Gasteiger partial charge in [0, 0.05) is 12.5 Å². The fourth-order valence-corrected chi connectivity index (χ4v) is 0.765. The van der Waals surface area contributed by atoms with Gasteiger partial charge in [-0.2, -0.15) is 4.99 Å². The Kier molecular flexibility index (Phi) is 6.46. The zero-order valence-electron chi connectivity index (χ0n) is 7.82. The summed E-state index contributed by atoms with van der Waals surface area (Å²) in [5.74, 6) is -0.486. The Morgan fingerprint density at radius 1 is 1.69 bits per heavy atom. The van der Waals surface area contributed by atoms with Crippen molar-refractivity contribution in [2.75, 3.05) is 0 Å². The van der Waals surface area contributed by atoms with E-state index in [9.17, 15) is 9.59 Å². The molecular formula is C9H13NO3. The molecule has 0 aliphatic rings. The smallest absolute Gasteiger partial charge is 0.332 e. The molecule has 4 nitrogen and oxygen atoms in total. The van der Waals surface area contributed by atoms with E-state index in [0.29, 0.717) is 6.42 Å². The topological polar surface area (TPSA) is 55.7 Å². The number of allylic oxidation sites excluding steroid dienone is 1. The minimum atomic E-state index is -0.689. The molecule has 1 atom stereocenters. The SMILES string of the molecule is CC=CC(=O)OC(CCC)N=C=O. The van der Waals surface area contributed by atoms with Crippen molar-refractivity contribution in [2.24, 2.45) is 4.99 Å². The Hall–Kier alpha value is -1.41. The van der Waals surface area contributed by atoms with Crippen LogP contribution < -0.4 is 0 Å². The first-order chi connectivity index (χ1) is 6.24. The number of rotatable bonds is 5. The van der Waals surface area contributed by atoms with Crippen LogP contribution in [0, 0.1) is 0 Å². The van der Waals surface area contributed by atoms with Gasteiger partial charge in [0.05, 0.1) is 0 Å². The van der Waals surface area contributed by atoms with Gasteiger partial charge in [-0.25, -0.2) is 9.59 Å². The summed E-state index contributed by atoms with van der Waals surface area (Å²) < 4.78 is 4.82. The van der Waals surface area contributed by atoms with E-state index in [1.54, 1.807) is 13.0 Å². The van der Waals surface area contributed by atoms with Gasteiger partial charge < -0.3 is 4.74 Å². The highest BCUT2D eigenvalue weighted by molar-refractivity contribution is 5.81. The monoisotopic (exact) mass is 183 g/mol. The first kappa shape index (κ1) is 11.6. The minimum Gasteiger partial charge on any atom is -0.436 e. The second kappa shape index (κ2) is 7.25. The van der Waals surface area contributed by atoms with E-state index in [-0.39, 0.29) is 0 Å². The van der Waals surface area contributed by atoms with Crippen LogP contribution in [-0.4, -0.2) is 18.3 Å². The summed E-state index contributed by atoms with van der Waals surface area (Å²) in [7, 11) is 0. The lowest BCUT2D eigenvalue weighted by Gasteiger charge is -2.08. The molecule has 0 aromatic heterocycles. The van der Waals surface area contributed by atoms with E-state index in [0.717, 1.165) is 6.42 Å². The summed E-state index contributed by atoms with van der Waals surface area (Å²) in [4.78, 5) is 24.2. The van der Waals surface area contributed by atoms with Crippen LogP contribution >= 0.6 is 0 Å².